The fourth-order valence-corrected chi connectivity index (χ4v) is 2.84. The Bertz CT molecular complexity index is 663. The average Bonchev–Trinajstić information content (AvgIpc) is 2.71. The van der Waals surface area contributed by atoms with Gasteiger partial charge in [-0.15, -0.1) is 0 Å². The molecule has 1 aliphatic rings. The van der Waals surface area contributed by atoms with Crippen molar-refractivity contribution < 1.29 is 18.1 Å². The molecule has 1 N–H and O–H groups in total. The van der Waals surface area contributed by atoms with E-state index in [0.717, 1.165) is 0 Å². The van der Waals surface area contributed by atoms with Crippen molar-refractivity contribution in [1.82, 2.24) is 4.72 Å². The maximum Gasteiger partial charge on any atom is 0.269 e. The van der Waals surface area contributed by atoms with Gasteiger partial charge in [0, 0.05) is 12.1 Å². The van der Waals surface area contributed by atoms with E-state index in [-0.39, 0.29) is 23.4 Å². The van der Waals surface area contributed by atoms with Gasteiger partial charge in [0.1, 0.15) is 0 Å². The van der Waals surface area contributed by atoms with E-state index in [4.69, 9.17) is 0 Å². The van der Waals surface area contributed by atoms with Gasteiger partial charge in [-0.2, -0.15) is 0 Å². The molecule has 1 aromatic carbocycles. The predicted octanol–water partition coefficient (Wildman–Crippen LogP) is 0.568. The summed E-state index contributed by atoms with van der Waals surface area (Å²) >= 11 is 0. The lowest BCUT2D eigenvalue weighted by Gasteiger charge is -2.05. The zero-order chi connectivity index (χ0) is 13.3. The highest BCUT2D eigenvalue weighted by Gasteiger charge is 2.26. The van der Waals surface area contributed by atoms with Crippen molar-refractivity contribution in [2.75, 3.05) is 0 Å². The maximum atomic E-state index is 11.7. The molecule has 0 saturated heterocycles. The van der Waals surface area contributed by atoms with Crippen molar-refractivity contribution in [3.05, 3.63) is 45.5 Å². The van der Waals surface area contributed by atoms with E-state index >= 15 is 0 Å². The summed E-state index contributed by atoms with van der Waals surface area (Å²) in [5.41, 5.74) is 0.842. The third kappa shape index (κ3) is 1.97. The van der Waals surface area contributed by atoms with Crippen LogP contribution in [0.15, 0.2) is 24.3 Å². The van der Waals surface area contributed by atoms with E-state index in [1.807, 2.05) is 0 Å². The zero-order valence-electron chi connectivity index (χ0n) is 8.99. The standard InChI is InChI=1S/C10H8N2O5S/c13-6-11-18(16,17)10-4-1-7-5-8(12(14)15)2-3-9(7)10/h2-6H,1H2,(H,11,13). The second-order valence-electron chi connectivity index (χ2n) is 3.61. The molecular formula is C10H8N2O5S. The summed E-state index contributed by atoms with van der Waals surface area (Å²) in [4.78, 5) is 20.2. The third-order valence-corrected chi connectivity index (χ3v) is 3.94. The number of hydrogen-bond donors (Lipinski definition) is 1. The number of fused-ring (bicyclic) bond motifs is 1. The van der Waals surface area contributed by atoms with Crippen LogP contribution in [0.25, 0.3) is 4.91 Å². The van der Waals surface area contributed by atoms with Crippen LogP contribution in [-0.4, -0.2) is 19.8 Å². The SMILES string of the molecule is O=CNS(=O)(=O)C1=CCc2cc([N+](=O)[O-])ccc21. The van der Waals surface area contributed by atoms with Crippen molar-refractivity contribution >= 4 is 27.0 Å². The summed E-state index contributed by atoms with van der Waals surface area (Å²) in [6.45, 7) is 0. The number of rotatable bonds is 4. The number of nitro benzene ring substituents is 1. The van der Waals surface area contributed by atoms with E-state index < -0.39 is 14.9 Å². The summed E-state index contributed by atoms with van der Waals surface area (Å²) in [7, 11) is -3.88. The lowest BCUT2D eigenvalue weighted by atomic mass is 10.1. The van der Waals surface area contributed by atoms with Crippen molar-refractivity contribution in [1.29, 1.82) is 0 Å². The molecule has 0 fully saturated rings. The molecule has 0 aromatic heterocycles. The predicted molar refractivity (Wildman–Crippen MR) is 62.9 cm³/mol. The van der Waals surface area contributed by atoms with Gasteiger partial charge in [-0.1, -0.05) is 6.08 Å². The minimum atomic E-state index is -3.88. The van der Waals surface area contributed by atoms with Crippen LogP contribution in [0, 0.1) is 10.1 Å². The molecule has 7 nitrogen and oxygen atoms in total. The summed E-state index contributed by atoms with van der Waals surface area (Å²) in [5, 5.41) is 10.6. The average molecular weight is 268 g/mol. The molecule has 1 aromatic rings. The second kappa shape index (κ2) is 4.22. The van der Waals surface area contributed by atoms with Gasteiger partial charge in [-0.05, 0) is 23.6 Å². The summed E-state index contributed by atoms with van der Waals surface area (Å²) in [6.07, 6.45) is 1.78. The number of carbonyl (C=O) groups is 1. The Hall–Kier alpha value is -2.22. The van der Waals surface area contributed by atoms with E-state index in [0.29, 0.717) is 11.1 Å². The first-order valence-electron chi connectivity index (χ1n) is 4.89. The van der Waals surface area contributed by atoms with Gasteiger partial charge in [0.2, 0.25) is 6.41 Å². The van der Waals surface area contributed by atoms with Gasteiger partial charge in [0.05, 0.1) is 9.83 Å². The molecule has 0 heterocycles. The van der Waals surface area contributed by atoms with Gasteiger partial charge < -0.3 is 0 Å². The van der Waals surface area contributed by atoms with Gasteiger partial charge in [0.15, 0.2) is 0 Å². The fraction of sp³-hybridized carbons (Fsp3) is 0.100. The molecular weight excluding hydrogens is 260 g/mol. The monoisotopic (exact) mass is 268 g/mol. The molecule has 18 heavy (non-hydrogen) atoms. The molecule has 0 aliphatic heterocycles. The highest BCUT2D eigenvalue weighted by molar-refractivity contribution is 7.99. The smallest absolute Gasteiger partial charge is 0.269 e. The van der Waals surface area contributed by atoms with Gasteiger partial charge in [-0.25, -0.2) is 8.42 Å². The molecule has 1 amide bonds. The fourth-order valence-electron chi connectivity index (χ4n) is 1.80. The summed E-state index contributed by atoms with van der Waals surface area (Å²) in [6, 6.07) is 3.93. The molecule has 2 rings (SSSR count). The van der Waals surface area contributed by atoms with Crippen molar-refractivity contribution in [2.45, 2.75) is 6.42 Å². The van der Waals surface area contributed by atoms with Crippen molar-refractivity contribution in [3.63, 3.8) is 0 Å². The third-order valence-electron chi connectivity index (χ3n) is 2.57. The number of nitrogens with zero attached hydrogens (tertiary/aromatic N) is 1. The van der Waals surface area contributed by atoms with Crippen LogP contribution in [0.2, 0.25) is 0 Å². The number of amides is 1. The van der Waals surface area contributed by atoms with E-state index in [2.05, 4.69) is 0 Å². The largest absolute Gasteiger partial charge is 0.278 e. The van der Waals surface area contributed by atoms with Crippen molar-refractivity contribution in [3.8, 4) is 0 Å². The van der Waals surface area contributed by atoms with E-state index in [9.17, 15) is 23.3 Å². The Balaban J connectivity index is 2.45. The van der Waals surface area contributed by atoms with E-state index in [1.165, 1.54) is 24.3 Å². The number of hydrogen-bond acceptors (Lipinski definition) is 5. The van der Waals surface area contributed by atoms with Crippen molar-refractivity contribution in [2.24, 2.45) is 0 Å². The van der Waals surface area contributed by atoms with Crippen LogP contribution in [0.5, 0.6) is 0 Å². The zero-order valence-corrected chi connectivity index (χ0v) is 9.81. The Morgan fingerprint density at radius 1 is 1.39 bits per heavy atom. The van der Waals surface area contributed by atoms with Gasteiger partial charge in [0.25, 0.3) is 15.7 Å². The number of nitrogens with one attached hydrogen (secondary N) is 1. The Labute approximate surface area is 102 Å². The molecule has 0 spiro atoms. The van der Waals surface area contributed by atoms with Crippen LogP contribution in [0.1, 0.15) is 11.1 Å². The van der Waals surface area contributed by atoms with E-state index in [1.54, 1.807) is 4.72 Å². The first kappa shape index (κ1) is 12.2. The highest BCUT2D eigenvalue weighted by atomic mass is 32.2. The van der Waals surface area contributed by atoms with Crippen LogP contribution in [0.3, 0.4) is 0 Å². The highest BCUT2D eigenvalue weighted by Crippen LogP contribution is 2.32. The molecule has 0 unspecified atom stereocenters. The first-order chi connectivity index (χ1) is 8.45. The summed E-state index contributed by atoms with van der Waals surface area (Å²) in [5.74, 6) is 0. The van der Waals surface area contributed by atoms with Gasteiger partial charge in [-0.3, -0.25) is 19.6 Å². The molecule has 0 atom stereocenters. The maximum absolute atomic E-state index is 11.7. The lowest BCUT2D eigenvalue weighted by Crippen LogP contribution is -2.22. The van der Waals surface area contributed by atoms with Crippen LogP contribution in [0.4, 0.5) is 5.69 Å². The lowest BCUT2D eigenvalue weighted by molar-refractivity contribution is -0.384. The number of allylic oxidation sites excluding steroid dienone is 1. The number of non-ortho nitro benzene ring substituents is 1. The molecule has 0 saturated carbocycles. The minimum Gasteiger partial charge on any atom is -0.278 e. The van der Waals surface area contributed by atoms with Crippen LogP contribution >= 0.6 is 0 Å². The first-order valence-corrected chi connectivity index (χ1v) is 6.38. The Morgan fingerprint density at radius 3 is 2.72 bits per heavy atom. The Morgan fingerprint density at radius 2 is 2.11 bits per heavy atom. The minimum absolute atomic E-state index is 0.0282. The number of nitro groups is 1. The quantitative estimate of drug-likeness (QED) is 0.488. The molecule has 8 heteroatoms. The van der Waals surface area contributed by atoms with Gasteiger partial charge >= 0.3 is 0 Å². The number of benzene rings is 1. The molecule has 0 radical (unpaired) electrons. The second-order valence-corrected chi connectivity index (χ2v) is 5.29. The Kier molecular flexibility index (Phi) is 2.87. The van der Waals surface area contributed by atoms with Crippen LogP contribution < -0.4 is 4.72 Å². The molecule has 1 aliphatic carbocycles. The summed E-state index contributed by atoms with van der Waals surface area (Å²) < 4.78 is 25.1. The topological polar surface area (TPSA) is 106 Å². The van der Waals surface area contributed by atoms with Crippen LogP contribution in [-0.2, 0) is 21.2 Å². The number of sulfonamides is 1. The molecule has 94 valence electrons. The number of carbonyl (C=O) groups excluding carboxylic acids is 1. The molecule has 0 bridgehead atoms. The normalized spacial score (nSPS) is 13.7.